The SMILES string of the molecule is Cc1ccc(-c2ccc3nn[nH]c(=O)c3c2)cc1.Cc1ccc(-c2ccc3nnn(CCO)c(=O)c3c2)cc1.Cc1ccc(-c2ccc3nnn(CCO)c(=O)c3c2)cc1.Cc1ccc(-c2ccc3nnn(CCOc4nccc(C#N)n4)c(=O)c3c2)cc1.N#Cc1ccnc(Cl)n1.O=c1c2cc(-c3ccc(OC(F)(F)F)cc3)ccc2nnn1CCOc1nccc(-c2noc(C3CC3)n2)n1.OCCBr. The van der Waals surface area contributed by atoms with Crippen LogP contribution in [0.25, 0.3) is 122 Å². The summed E-state index contributed by atoms with van der Waals surface area (Å²) in [6.07, 6.45) is 1.68. The van der Waals surface area contributed by atoms with Crippen LogP contribution in [-0.4, -0.2) is 175 Å². The molecule has 0 unspecified atom stereocenters. The highest BCUT2D eigenvalue weighted by molar-refractivity contribution is 9.09. The number of hydrogen-bond donors (Lipinski definition) is 4. The number of aromatic amines is 1. The number of rotatable bonds is 21. The fraction of sp³-hybridized carbons (Fsp3) is 0.182. The largest absolute Gasteiger partial charge is 0.573 e. The van der Waals surface area contributed by atoms with Gasteiger partial charge in [0, 0.05) is 29.8 Å². The number of nitriles is 2. The normalized spacial score (nSPS) is 11.3. The molecular formula is C99H82BrClF3N25O12. The highest BCUT2D eigenvalue weighted by Crippen LogP contribution is 2.40. The Bertz CT molecular complexity index is 7890. The molecule has 19 aromatic rings. The summed E-state index contributed by atoms with van der Waals surface area (Å²) >= 11 is 8.35. The van der Waals surface area contributed by atoms with Crippen LogP contribution in [-0.2, 0) is 26.2 Å². The zero-order chi connectivity index (χ0) is 99.5. The molecule has 0 amide bonds. The smallest absolute Gasteiger partial charge is 0.461 e. The minimum Gasteiger partial charge on any atom is -0.461 e. The van der Waals surface area contributed by atoms with Crippen LogP contribution in [0.2, 0.25) is 5.28 Å². The monoisotopic (exact) mass is 1980 g/mol. The molecule has 20 rings (SSSR count). The van der Waals surface area contributed by atoms with E-state index in [-0.39, 0.29) is 116 Å². The van der Waals surface area contributed by atoms with E-state index in [1.807, 2.05) is 179 Å². The molecule has 4 N–H and O–H groups in total. The summed E-state index contributed by atoms with van der Waals surface area (Å²) in [6.45, 7) is 8.79. The quantitative estimate of drug-likeness (QED) is 0.0383. The van der Waals surface area contributed by atoms with Crippen LogP contribution in [0.1, 0.15) is 58.3 Å². The molecule has 0 spiro atoms. The lowest BCUT2D eigenvalue weighted by Gasteiger charge is -2.10. The number of alkyl halides is 4. The van der Waals surface area contributed by atoms with Gasteiger partial charge in [-0.05, 0) is 199 Å². The van der Waals surface area contributed by atoms with Gasteiger partial charge < -0.3 is 34.1 Å². The molecule has 141 heavy (non-hydrogen) atoms. The number of H-pyrrole nitrogens is 1. The van der Waals surface area contributed by atoms with Gasteiger partial charge in [0.15, 0.2) is 0 Å². The lowest BCUT2D eigenvalue weighted by atomic mass is 10.0. The van der Waals surface area contributed by atoms with Crippen molar-refractivity contribution in [3.8, 4) is 97.1 Å². The number of aromatic nitrogens is 23. The standard InChI is InChI=1S/C25H18F3N7O4.C21H16N6O2.2C16H15N3O2.C14H11N3O.C5H2ClN3.C2H5BrO/c26-25(27,28)38-17-6-3-14(4-7-17)16-5-8-19-18(13-16)23(36)35(34-32-19)11-12-37-24-29-10-9-20(30-24)21-31-22(39-33-21)15-1-2-15;1-14-2-4-15(5-3-14)16-6-7-19-18(12-16)20(28)27(26-25-19)10-11-29-21-23-9-8-17(13-22)24-21;2*1-11-2-4-12(5-3-11)13-6-7-15-14(10-13)16(21)19(8-9-20)18-17-15;1-9-2-4-10(5-3-9)11-6-7-13-12(8-11)14(18)16-17-15-13;6-5-8-2-1-4(3-7)9-5;3-1-2-4/h3-10,13,15H,1-2,11-12H2;2-9,12H,10-11H2,1H3;2*2-7,10,20H,8-9H2,1H3;2-8H,1H3,(H,15,16,18);1-2H;4H,1-2H2. The Morgan fingerprint density at radius 2 is 0.773 bits per heavy atom. The van der Waals surface area contributed by atoms with Crippen LogP contribution in [0.3, 0.4) is 0 Å². The first kappa shape index (κ1) is 99.7. The highest BCUT2D eigenvalue weighted by atomic mass is 79.9. The molecule has 9 aromatic heterocycles. The van der Waals surface area contributed by atoms with E-state index in [0.29, 0.717) is 94.3 Å². The van der Waals surface area contributed by atoms with E-state index in [9.17, 15) is 37.1 Å². The molecule has 1 aliphatic carbocycles. The predicted octanol–water partition coefficient (Wildman–Crippen LogP) is 13.8. The fourth-order valence-corrected chi connectivity index (χ4v) is 13.6. The van der Waals surface area contributed by atoms with Gasteiger partial charge in [-0.2, -0.15) is 25.5 Å². The molecule has 0 radical (unpaired) electrons. The Kier molecular flexibility index (Phi) is 33.6. The van der Waals surface area contributed by atoms with Crippen LogP contribution in [0.15, 0.2) is 278 Å². The molecule has 9 heterocycles. The highest BCUT2D eigenvalue weighted by Gasteiger charge is 2.32. The number of halogens is 5. The Morgan fingerprint density at radius 3 is 1.13 bits per heavy atom. The minimum atomic E-state index is -4.78. The van der Waals surface area contributed by atoms with Crippen molar-refractivity contribution >= 4 is 82.0 Å². The van der Waals surface area contributed by atoms with E-state index < -0.39 is 11.9 Å². The van der Waals surface area contributed by atoms with E-state index in [1.165, 1.54) is 91.3 Å². The molecule has 0 atom stereocenters. The lowest BCUT2D eigenvalue weighted by Crippen LogP contribution is -2.27. The first-order chi connectivity index (χ1) is 68.3. The van der Waals surface area contributed by atoms with Gasteiger partial charge in [0.25, 0.3) is 27.8 Å². The second-order valence-corrected chi connectivity index (χ2v) is 32.1. The third kappa shape index (κ3) is 26.9. The molecule has 10 aromatic carbocycles. The van der Waals surface area contributed by atoms with Crippen LogP contribution in [0.5, 0.6) is 17.8 Å². The fourth-order valence-electron chi connectivity index (χ4n) is 13.5. The van der Waals surface area contributed by atoms with Crippen LogP contribution in [0, 0.1) is 50.4 Å². The minimum absolute atomic E-state index is 0.0312. The van der Waals surface area contributed by atoms with E-state index in [0.717, 1.165) is 62.0 Å². The van der Waals surface area contributed by atoms with Crippen molar-refractivity contribution in [2.24, 2.45) is 0 Å². The summed E-state index contributed by atoms with van der Waals surface area (Å²) in [5.74, 6) is 0.921. The van der Waals surface area contributed by atoms with E-state index in [1.54, 1.807) is 42.5 Å². The van der Waals surface area contributed by atoms with Gasteiger partial charge in [0.2, 0.25) is 17.0 Å². The van der Waals surface area contributed by atoms with Gasteiger partial charge in [0.05, 0.1) is 72.9 Å². The Labute approximate surface area is 810 Å². The van der Waals surface area contributed by atoms with E-state index in [2.05, 4.69) is 130 Å². The first-order valence-electron chi connectivity index (χ1n) is 43.2. The van der Waals surface area contributed by atoms with Crippen LogP contribution in [0.4, 0.5) is 13.2 Å². The van der Waals surface area contributed by atoms with Crippen molar-refractivity contribution in [3.05, 3.63) is 346 Å². The molecule has 0 saturated heterocycles. The molecule has 0 bridgehead atoms. The third-order valence-corrected chi connectivity index (χ3v) is 21.4. The predicted molar refractivity (Wildman–Crippen MR) is 520 cm³/mol. The molecule has 42 heteroatoms. The molecule has 1 fully saturated rings. The summed E-state index contributed by atoms with van der Waals surface area (Å²) in [7, 11) is 0. The van der Waals surface area contributed by atoms with Crippen molar-refractivity contribution in [2.45, 2.75) is 79.0 Å². The number of ether oxygens (including phenoxy) is 3. The summed E-state index contributed by atoms with van der Waals surface area (Å²) in [6, 6.07) is 73.6. The number of aliphatic hydroxyl groups excluding tert-OH is 3. The number of nitrogens with one attached hydrogen (secondary N) is 1. The number of aryl methyl sites for hydroxylation is 4. The average molecular weight is 1990 g/mol. The number of hydrogen-bond acceptors (Lipinski definition) is 32. The Hall–Kier alpha value is -17.3. The maximum Gasteiger partial charge on any atom is 0.573 e. The van der Waals surface area contributed by atoms with E-state index >= 15 is 0 Å². The van der Waals surface area contributed by atoms with Gasteiger partial charge >= 0.3 is 18.4 Å². The first-order valence-corrected chi connectivity index (χ1v) is 44.7. The number of nitrogens with zero attached hydrogens (tertiary/aromatic N) is 24. The molecule has 1 saturated carbocycles. The van der Waals surface area contributed by atoms with Gasteiger partial charge in [-0.25, -0.2) is 43.8 Å². The van der Waals surface area contributed by atoms with Gasteiger partial charge in [-0.1, -0.05) is 209 Å². The Balaban J connectivity index is 0.000000139. The van der Waals surface area contributed by atoms with Crippen molar-refractivity contribution in [1.82, 2.24) is 115 Å². The van der Waals surface area contributed by atoms with Crippen molar-refractivity contribution in [2.75, 3.05) is 38.4 Å². The van der Waals surface area contributed by atoms with Crippen LogP contribution >= 0.6 is 27.5 Å². The zero-order valence-corrected chi connectivity index (χ0v) is 77.7. The molecule has 37 nitrogen and oxygen atoms in total. The average Bonchev–Trinajstić information content (AvgIpc) is 1.46. The lowest BCUT2D eigenvalue weighted by molar-refractivity contribution is -0.274. The molecule has 0 aliphatic heterocycles. The molecule has 1 aliphatic rings. The van der Waals surface area contributed by atoms with Gasteiger partial charge in [-0.15, -0.1) is 38.7 Å². The molecule has 710 valence electrons. The second-order valence-electron chi connectivity index (χ2n) is 31.0. The van der Waals surface area contributed by atoms with Gasteiger partial charge in [-0.3, -0.25) is 24.0 Å². The number of benzene rings is 10. The number of fused-ring (bicyclic) bond motifs is 5. The summed E-state index contributed by atoms with van der Waals surface area (Å²) < 4.78 is 62.2. The summed E-state index contributed by atoms with van der Waals surface area (Å²) in [5, 5.41) is 91.5. The third-order valence-electron chi connectivity index (χ3n) is 20.9. The van der Waals surface area contributed by atoms with Crippen molar-refractivity contribution in [1.29, 1.82) is 10.5 Å². The summed E-state index contributed by atoms with van der Waals surface area (Å²) in [4.78, 5) is 90.0. The van der Waals surface area contributed by atoms with Crippen molar-refractivity contribution < 1.29 is 47.2 Å². The Morgan fingerprint density at radius 1 is 0.433 bits per heavy atom. The topological polar surface area (TPSA) is 502 Å². The van der Waals surface area contributed by atoms with Gasteiger partial charge in [0.1, 0.15) is 75.8 Å². The van der Waals surface area contributed by atoms with E-state index in [4.69, 9.17) is 51.4 Å². The van der Waals surface area contributed by atoms with Crippen LogP contribution < -0.4 is 42.0 Å². The number of aliphatic hydroxyl groups is 3. The maximum atomic E-state index is 13.1. The summed E-state index contributed by atoms with van der Waals surface area (Å²) in [5.41, 5.74) is 16.3. The second kappa shape index (κ2) is 47.5. The zero-order valence-electron chi connectivity index (χ0n) is 75.4. The molecular weight excluding hydrogens is 1900 g/mol. The van der Waals surface area contributed by atoms with Crippen molar-refractivity contribution in [3.63, 3.8) is 0 Å². The maximum absolute atomic E-state index is 13.1.